The fourth-order valence-corrected chi connectivity index (χ4v) is 3.93. The first-order chi connectivity index (χ1) is 13.5. The molecule has 1 aromatic rings. The van der Waals surface area contributed by atoms with E-state index in [4.69, 9.17) is 14.2 Å². The normalized spacial score (nSPS) is 19.1. The van der Waals surface area contributed by atoms with Gasteiger partial charge in [0.25, 0.3) is 0 Å². The summed E-state index contributed by atoms with van der Waals surface area (Å²) in [6.07, 6.45) is 2.09. The van der Waals surface area contributed by atoms with E-state index in [0.717, 1.165) is 29.8 Å². The highest BCUT2D eigenvalue weighted by Crippen LogP contribution is 2.44. The van der Waals surface area contributed by atoms with Crippen LogP contribution in [-0.2, 0) is 14.3 Å². The number of Topliss-reactive ketones (excluding diaryl/α,β-unsaturated/α-hetero) is 1. The number of methoxy groups -OCH3 is 1. The molecule has 0 aromatic heterocycles. The van der Waals surface area contributed by atoms with E-state index >= 15 is 0 Å². The monoisotopic (exact) mass is 385 g/mol. The Morgan fingerprint density at radius 3 is 2.64 bits per heavy atom. The highest BCUT2D eigenvalue weighted by Gasteiger charge is 2.39. The molecular formula is C22H27NO5. The maximum Gasteiger partial charge on any atom is 0.336 e. The number of nitrogens with one attached hydrogen (secondary N) is 1. The first kappa shape index (κ1) is 20.0. The number of esters is 1. The summed E-state index contributed by atoms with van der Waals surface area (Å²) in [6.45, 7) is 6.32. The van der Waals surface area contributed by atoms with Crippen molar-refractivity contribution in [3.63, 3.8) is 0 Å². The second kappa shape index (κ2) is 8.50. The maximum atomic E-state index is 12.8. The lowest BCUT2D eigenvalue weighted by atomic mass is 9.75. The van der Waals surface area contributed by atoms with E-state index in [2.05, 4.69) is 5.32 Å². The molecule has 150 valence electrons. The maximum absolute atomic E-state index is 12.8. The van der Waals surface area contributed by atoms with Gasteiger partial charge in [-0.25, -0.2) is 4.79 Å². The average molecular weight is 385 g/mol. The van der Waals surface area contributed by atoms with Crippen LogP contribution in [-0.4, -0.2) is 32.1 Å². The largest absolute Gasteiger partial charge is 0.493 e. The summed E-state index contributed by atoms with van der Waals surface area (Å²) in [4.78, 5) is 25.6. The molecule has 6 heteroatoms. The molecule has 1 heterocycles. The van der Waals surface area contributed by atoms with Gasteiger partial charge in [0, 0.05) is 29.3 Å². The Morgan fingerprint density at radius 1 is 1.18 bits per heavy atom. The Kier molecular flexibility index (Phi) is 6.07. The van der Waals surface area contributed by atoms with E-state index in [9.17, 15) is 9.59 Å². The number of benzene rings is 1. The van der Waals surface area contributed by atoms with Gasteiger partial charge in [-0.15, -0.1) is 0 Å². The van der Waals surface area contributed by atoms with Crippen LogP contribution < -0.4 is 14.8 Å². The summed E-state index contributed by atoms with van der Waals surface area (Å²) < 4.78 is 16.4. The van der Waals surface area contributed by atoms with Crippen molar-refractivity contribution in [2.24, 2.45) is 0 Å². The molecule has 3 rings (SSSR count). The third kappa shape index (κ3) is 3.63. The molecule has 1 atom stereocenters. The molecule has 0 bridgehead atoms. The molecule has 1 aromatic carbocycles. The smallest absolute Gasteiger partial charge is 0.336 e. The minimum Gasteiger partial charge on any atom is -0.493 e. The van der Waals surface area contributed by atoms with Gasteiger partial charge in [0.1, 0.15) is 0 Å². The van der Waals surface area contributed by atoms with E-state index in [1.807, 2.05) is 32.0 Å². The molecule has 0 amide bonds. The van der Waals surface area contributed by atoms with Crippen LogP contribution in [0.2, 0.25) is 0 Å². The van der Waals surface area contributed by atoms with E-state index in [1.165, 1.54) is 0 Å². The Balaban J connectivity index is 2.16. The third-order valence-corrected chi connectivity index (χ3v) is 5.09. The predicted molar refractivity (Wildman–Crippen MR) is 105 cm³/mol. The Hall–Kier alpha value is -2.76. The van der Waals surface area contributed by atoms with Gasteiger partial charge in [0.15, 0.2) is 17.3 Å². The molecule has 0 saturated carbocycles. The van der Waals surface area contributed by atoms with Gasteiger partial charge in [0.2, 0.25) is 0 Å². The second-order valence-electron chi connectivity index (χ2n) is 6.83. The molecule has 0 saturated heterocycles. The van der Waals surface area contributed by atoms with Crippen molar-refractivity contribution < 1.29 is 23.8 Å². The first-order valence-corrected chi connectivity index (χ1v) is 9.73. The zero-order chi connectivity index (χ0) is 20.3. The zero-order valence-corrected chi connectivity index (χ0v) is 16.9. The third-order valence-electron chi connectivity index (χ3n) is 5.09. The van der Waals surface area contributed by atoms with Crippen molar-refractivity contribution in [2.75, 3.05) is 20.3 Å². The summed E-state index contributed by atoms with van der Waals surface area (Å²) in [5, 5.41) is 3.28. The molecule has 28 heavy (non-hydrogen) atoms. The lowest BCUT2D eigenvalue weighted by Gasteiger charge is -2.34. The van der Waals surface area contributed by atoms with Crippen LogP contribution >= 0.6 is 0 Å². The summed E-state index contributed by atoms with van der Waals surface area (Å²) in [5.41, 5.74) is 3.57. The molecular weight excluding hydrogens is 358 g/mol. The molecule has 1 aliphatic carbocycles. The summed E-state index contributed by atoms with van der Waals surface area (Å²) >= 11 is 0. The van der Waals surface area contributed by atoms with Gasteiger partial charge < -0.3 is 19.5 Å². The summed E-state index contributed by atoms with van der Waals surface area (Å²) in [7, 11) is 1.58. The quantitative estimate of drug-likeness (QED) is 0.754. The second-order valence-corrected chi connectivity index (χ2v) is 6.83. The molecule has 2 aliphatic rings. The van der Waals surface area contributed by atoms with E-state index in [1.54, 1.807) is 14.0 Å². The number of hydrogen-bond acceptors (Lipinski definition) is 6. The number of rotatable bonds is 6. The lowest BCUT2D eigenvalue weighted by Crippen LogP contribution is -2.34. The topological polar surface area (TPSA) is 73.9 Å². The molecule has 6 nitrogen and oxygen atoms in total. The number of ether oxygens (including phenoxy) is 3. The van der Waals surface area contributed by atoms with Crippen molar-refractivity contribution in [1.82, 2.24) is 5.32 Å². The lowest BCUT2D eigenvalue weighted by molar-refractivity contribution is -0.138. The SMILES string of the molecule is CCOC(=O)C1=C(C)NC2=C(C(=O)CCC2)C1c1ccc(OCC)c(OC)c1. The molecule has 1 aliphatic heterocycles. The molecule has 0 spiro atoms. The van der Waals surface area contributed by atoms with Crippen molar-refractivity contribution in [1.29, 1.82) is 0 Å². The van der Waals surface area contributed by atoms with Gasteiger partial charge >= 0.3 is 5.97 Å². The number of hydrogen-bond donors (Lipinski definition) is 1. The zero-order valence-electron chi connectivity index (χ0n) is 16.9. The van der Waals surface area contributed by atoms with Crippen molar-refractivity contribution in [3.05, 3.63) is 46.3 Å². The van der Waals surface area contributed by atoms with E-state index in [-0.39, 0.29) is 12.4 Å². The highest BCUT2D eigenvalue weighted by molar-refractivity contribution is 6.03. The van der Waals surface area contributed by atoms with E-state index in [0.29, 0.717) is 35.7 Å². The van der Waals surface area contributed by atoms with Crippen LogP contribution in [0, 0.1) is 0 Å². The number of ketones is 1. The Morgan fingerprint density at radius 2 is 1.96 bits per heavy atom. The van der Waals surface area contributed by atoms with Crippen LogP contribution in [0.1, 0.15) is 51.5 Å². The van der Waals surface area contributed by atoms with Gasteiger partial charge in [-0.3, -0.25) is 4.79 Å². The van der Waals surface area contributed by atoms with Crippen LogP contribution in [0.3, 0.4) is 0 Å². The number of carbonyl (C=O) groups excluding carboxylic acids is 2. The molecule has 1 unspecified atom stereocenters. The van der Waals surface area contributed by atoms with Crippen LogP contribution in [0.25, 0.3) is 0 Å². The first-order valence-electron chi connectivity index (χ1n) is 9.73. The minimum atomic E-state index is -0.479. The standard InChI is InChI=1S/C22H27NO5/c1-5-27-17-11-10-14(12-18(17)26-4)20-19(22(25)28-6-2)13(3)23-15-8-7-9-16(24)21(15)20/h10-12,20,23H,5-9H2,1-4H3. The van der Waals surface area contributed by atoms with Gasteiger partial charge in [-0.05, 0) is 51.3 Å². The van der Waals surface area contributed by atoms with Crippen molar-refractivity contribution >= 4 is 11.8 Å². The number of dihydropyridines is 1. The molecule has 0 fully saturated rings. The molecule has 1 N–H and O–H groups in total. The fourth-order valence-electron chi connectivity index (χ4n) is 3.93. The fraction of sp³-hybridized carbons (Fsp3) is 0.455. The van der Waals surface area contributed by atoms with Crippen LogP contribution in [0.4, 0.5) is 0 Å². The van der Waals surface area contributed by atoms with E-state index < -0.39 is 11.9 Å². The van der Waals surface area contributed by atoms with Crippen molar-refractivity contribution in [2.45, 2.75) is 46.0 Å². The van der Waals surface area contributed by atoms with Crippen LogP contribution in [0.5, 0.6) is 11.5 Å². The average Bonchev–Trinajstić information content (AvgIpc) is 2.67. The number of allylic oxidation sites excluding steroid dienone is 3. The highest BCUT2D eigenvalue weighted by atomic mass is 16.5. The summed E-state index contributed by atoms with van der Waals surface area (Å²) in [6, 6.07) is 5.56. The number of carbonyl (C=O) groups is 2. The summed E-state index contributed by atoms with van der Waals surface area (Å²) in [5.74, 6) is 0.387. The van der Waals surface area contributed by atoms with Gasteiger partial charge in [0.05, 0.1) is 25.9 Å². The Bertz CT molecular complexity index is 852. The minimum absolute atomic E-state index is 0.0703. The van der Waals surface area contributed by atoms with Gasteiger partial charge in [-0.2, -0.15) is 0 Å². The van der Waals surface area contributed by atoms with Gasteiger partial charge in [-0.1, -0.05) is 6.07 Å². The predicted octanol–water partition coefficient (Wildman–Crippen LogP) is 3.62. The van der Waals surface area contributed by atoms with Crippen LogP contribution in [0.15, 0.2) is 40.7 Å². The molecule has 0 radical (unpaired) electrons. The van der Waals surface area contributed by atoms with Crippen molar-refractivity contribution in [3.8, 4) is 11.5 Å². The Labute approximate surface area is 165 Å².